The molecule has 9 nitrogen and oxygen atoms in total. The van der Waals surface area contributed by atoms with Gasteiger partial charge in [-0.05, 0) is 71.3 Å². The van der Waals surface area contributed by atoms with Gasteiger partial charge >= 0.3 is 0 Å². The zero-order chi connectivity index (χ0) is 37.0. The smallest absolute Gasteiger partial charge is 0.224 e. The average Bonchev–Trinajstić information content (AvgIpc) is 3.73. The molecular weight excluding hydrogens is 665 g/mol. The van der Waals surface area contributed by atoms with E-state index in [1.807, 2.05) is 60.7 Å². The van der Waals surface area contributed by atoms with Gasteiger partial charge < -0.3 is 30.9 Å². The number of para-hydroxylation sites is 2. The van der Waals surface area contributed by atoms with Crippen LogP contribution in [0.15, 0.2) is 110 Å². The summed E-state index contributed by atoms with van der Waals surface area (Å²) in [6, 6.07) is 32.1. The van der Waals surface area contributed by atoms with Crippen molar-refractivity contribution < 1.29 is 24.2 Å². The molecule has 0 radical (unpaired) electrons. The standard InChI is InChI=1S/C44H52N4O5/c1-2-24-48(37-14-3-4-15-37)29-38-27-41(33-22-20-31(30-49)21-23-33)53-44(52-38)36-13-8-12-35(26-36)34-11-7-10-32(25-34)28-46-42(50)18-9-19-43(51)47-40-17-6-5-16-39(40)45/h2,5-8,10-13,16-17,20-23,25-26,37-38,41,44,49H,1,3-4,9,14-15,18-19,24,27-30,45H2,(H,46,50)(H,47,51)/t38-,41+,44+/m1/s1. The largest absolute Gasteiger partial charge is 0.397 e. The monoisotopic (exact) mass is 716 g/mol. The van der Waals surface area contributed by atoms with Gasteiger partial charge in [-0.15, -0.1) is 6.58 Å². The highest BCUT2D eigenvalue weighted by atomic mass is 16.7. The molecule has 9 heteroatoms. The third kappa shape index (κ3) is 10.6. The number of aliphatic hydroxyl groups is 1. The summed E-state index contributed by atoms with van der Waals surface area (Å²) in [5, 5.41) is 15.4. The molecule has 0 bridgehead atoms. The summed E-state index contributed by atoms with van der Waals surface area (Å²) in [5.41, 5.74) is 12.9. The Balaban J connectivity index is 1.09. The number of hydrogen-bond acceptors (Lipinski definition) is 7. The normalized spacial score (nSPS) is 18.9. The Kier molecular flexibility index (Phi) is 13.5. The van der Waals surface area contributed by atoms with E-state index in [1.165, 1.54) is 25.7 Å². The number of amides is 2. The summed E-state index contributed by atoms with van der Waals surface area (Å²) in [7, 11) is 0. The second-order valence-corrected chi connectivity index (χ2v) is 14.1. The molecule has 2 fully saturated rings. The summed E-state index contributed by atoms with van der Waals surface area (Å²) >= 11 is 0. The van der Waals surface area contributed by atoms with Crippen LogP contribution in [0.25, 0.3) is 11.1 Å². The van der Waals surface area contributed by atoms with Crippen LogP contribution in [-0.4, -0.2) is 47.1 Å². The molecule has 2 aliphatic rings. The molecule has 1 saturated carbocycles. The molecule has 4 aromatic carbocycles. The van der Waals surface area contributed by atoms with Crippen molar-refractivity contribution in [2.45, 2.75) is 89.1 Å². The maximum absolute atomic E-state index is 12.6. The van der Waals surface area contributed by atoms with Crippen LogP contribution in [0.1, 0.15) is 86.0 Å². The number of nitrogens with two attached hydrogens (primary N) is 1. The third-order valence-corrected chi connectivity index (χ3v) is 10.2. The van der Waals surface area contributed by atoms with E-state index >= 15 is 0 Å². The van der Waals surface area contributed by atoms with Crippen molar-refractivity contribution in [1.82, 2.24) is 10.2 Å². The van der Waals surface area contributed by atoms with Crippen molar-refractivity contribution in [2.24, 2.45) is 0 Å². The van der Waals surface area contributed by atoms with Crippen molar-refractivity contribution in [1.29, 1.82) is 0 Å². The predicted octanol–water partition coefficient (Wildman–Crippen LogP) is 7.83. The van der Waals surface area contributed by atoms with Gasteiger partial charge in [-0.3, -0.25) is 14.5 Å². The summed E-state index contributed by atoms with van der Waals surface area (Å²) in [6.45, 7) is 6.07. The Bertz CT molecular complexity index is 1820. The van der Waals surface area contributed by atoms with Gasteiger partial charge in [-0.1, -0.05) is 91.7 Å². The number of aliphatic hydroxyl groups excluding tert-OH is 1. The fourth-order valence-electron chi connectivity index (χ4n) is 7.35. The number of benzene rings is 4. The quantitative estimate of drug-likeness (QED) is 0.0688. The number of anilines is 2. The van der Waals surface area contributed by atoms with Crippen molar-refractivity contribution >= 4 is 23.2 Å². The number of ether oxygens (including phenoxy) is 2. The first kappa shape index (κ1) is 37.9. The number of carbonyl (C=O) groups is 2. The summed E-state index contributed by atoms with van der Waals surface area (Å²) in [4.78, 5) is 27.5. The first-order valence-corrected chi connectivity index (χ1v) is 18.8. The lowest BCUT2D eigenvalue weighted by molar-refractivity contribution is -0.253. The maximum Gasteiger partial charge on any atom is 0.224 e. The van der Waals surface area contributed by atoms with Gasteiger partial charge in [0.05, 0.1) is 30.2 Å². The lowest BCUT2D eigenvalue weighted by atomic mass is 9.98. The van der Waals surface area contributed by atoms with Gasteiger partial charge in [0.25, 0.3) is 0 Å². The molecule has 3 atom stereocenters. The van der Waals surface area contributed by atoms with E-state index in [9.17, 15) is 14.7 Å². The summed E-state index contributed by atoms with van der Waals surface area (Å²) < 4.78 is 13.4. The van der Waals surface area contributed by atoms with Crippen LogP contribution in [0.3, 0.4) is 0 Å². The zero-order valence-electron chi connectivity index (χ0n) is 30.4. The number of carbonyl (C=O) groups excluding carboxylic acids is 2. The lowest BCUT2D eigenvalue weighted by Crippen LogP contribution is -2.43. The molecule has 1 aliphatic heterocycles. The number of hydrogen-bond donors (Lipinski definition) is 4. The summed E-state index contributed by atoms with van der Waals surface area (Å²) in [5.74, 6) is -0.276. The zero-order valence-corrected chi connectivity index (χ0v) is 30.4. The molecule has 0 aromatic heterocycles. The van der Waals surface area contributed by atoms with E-state index in [0.29, 0.717) is 30.4 Å². The van der Waals surface area contributed by atoms with Crippen LogP contribution in [0.5, 0.6) is 0 Å². The first-order chi connectivity index (χ1) is 25.9. The number of nitrogens with one attached hydrogen (secondary N) is 2. The Morgan fingerprint density at radius 2 is 1.58 bits per heavy atom. The van der Waals surface area contributed by atoms with Gasteiger partial charge in [0, 0.05) is 50.5 Å². The van der Waals surface area contributed by atoms with E-state index in [2.05, 4.69) is 52.4 Å². The highest BCUT2D eigenvalue weighted by Gasteiger charge is 2.34. The van der Waals surface area contributed by atoms with Crippen LogP contribution < -0.4 is 16.4 Å². The van der Waals surface area contributed by atoms with E-state index in [4.69, 9.17) is 15.2 Å². The lowest BCUT2D eigenvalue weighted by Gasteiger charge is -2.39. The number of nitrogen functional groups attached to an aromatic ring is 1. The van der Waals surface area contributed by atoms with Crippen LogP contribution in [0.4, 0.5) is 11.4 Å². The minimum absolute atomic E-state index is 0.00460. The molecule has 4 aromatic rings. The van der Waals surface area contributed by atoms with Crippen LogP contribution in [-0.2, 0) is 32.2 Å². The second kappa shape index (κ2) is 18.8. The molecule has 1 aliphatic carbocycles. The van der Waals surface area contributed by atoms with Crippen molar-refractivity contribution in [3.8, 4) is 11.1 Å². The molecule has 0 unspecified atom stereocenters. The van der Waals surface area contributed by atoms with Crippen LogP contribution >= 0.6 is 0 Å². The molecule has 53 heavy (non-hydrogen) atoms. The first-order valence-electron chi connectivity index (χ1n) is 18.8. The SMILES string of the molecule is C=CCN(C[C@H]1C[C@@H](c2ccc(CO)cc2)O[C@@H](c2cccc(-c3cccc(CNC(=O)CCCC(=O)Nc4ccccc4N)c3)c2)O1)C1CCCC1. The Morgan fingerprint density at radius 1 is 0.849 bits per heavy atom. The Hall–Kier alpha value is -4.80. The van der Waals surface area contributed by atoms with Crippen LogP contribution in [0, 0.1) is 0 Å². The fourth-order valence-corrected chi connectivity index (χ4v) is 7.35. The summed E-state index contributed by atoms with van der Waals surface area (Å²) in [6.07, 6.45) is 7.84. The van der Waals surface area contributed by atoms with Gasteiger partial charge in [0.2, 0.25) is 11.8 Å². The minimum atomic E-state index is -0.556. The maximum atomic E-state index is 12.6. The molecule has 0 spiro atoms. The Labute approximate surface area is 313 Å². The van der Waals surface area contributed by atoms with E-state index in [-0.39, 0.29) is 43.5 Å². The van der Waals surface area contributed by atoms with E-state index in [0.717, 1.165) is 52.9 Å². The molecule has 5 N–H and O–H groups in total. The van der Waals surface area contributed by atoms with E-state index in [1.54, 1.807) is 12.1 Å². The van der Waals surface area contributed by atoms with Gasteiger partial charge in [0.1, 0.15) is 0 Å². The molecule has 278 valence electrons. The highest BCUT2D eigenvalue weighted by molar-refractivity contribution is 5.94. The topological polar surface area (TPSA) is 126 Å². The number of rotatable bonds is 16. The van der Waals surface area contributed by atoms with Gasteiger partial charge in [-0.25, -0.2) is 0 Å². The van der Waals surface area contributed by atoms with Crippen molar-refractivity contribution in [3.63, 3.8) is 0 Å². The second-order valence-electron chi connectivity index (χ2n) is 14.1. The molecule has 1 saturated heterocycles. The van der Waals surface area contributed by atoms with E-state index < -0.39 is 6.29 Å². The predicted molar refractivity (Wildman–Crippen MR) is 210 cm³/mol. The van der Waals surface area contributed by atoms with Crippen LogP contribution in [0.2, 0.25) is 0 Å². The van der Waals surface area contributed by atoms with Crippen molar-refractivity contribution in [2.75, 3.05) is 24.1 Å². The molecular formula is C44H52N4O5. The third-order valence-electron chi connectivity index (χ3n) is 10.2. The number of nitrogens with zero attached hydrogens (tertiary/aromatic N) is 1. The molecule has 1 heterocycles. The molecule has 2 amide bonds. The fraction of sp³-hybridized carbons (Fsp3) is 0.364. The highest BCUT2D eigenvalue weighted by Crippen LogP contribution is 2.39. The minimum Gasteiger partial charge on any atom is -0.397 e. The van der Waals surface area contributed by atoms with Gasteiger partial charge in [-0.2, -0.15) is 0 Å². The average molecular weight is 717 g/mol. The van der Waals surface area contributed by atoms with Gasteiger partial charge in [0.15, 0.2) is 6.29 Å². The van der Waals surface area contributed by atoms with Crippen molar-refractivity contribution in [3.05, 3.63) is 132 Å². The molecule has 6 rings (SSSR count). The Morgan fingerprint density at radius 3 is 2.34 bits per heavy atom.